The van der Waals surface area contributed by atoms with Crippen LogP contribution in [-0.4, -0.2) is 82.3 Å². The number of unbranched alkanes of at least 4 members (excludes halogenated alkanes) is 24. The molecule has 0 bridgehead atoms. The Morgan fingerprint density at radius 1 is 0.333 bits per heavy atom. The number of likely N-dealkylation sites (N-methyl/N-ethyl adjacent to an activating group) is 1. The molecule has 0 aromatic heterocycles. The van der Waals surface area contributed by atoms with E-state index < -0.39 is 24.3 Å². The Labute approximate surface area is 571 Å². The zero-order valence-corrected chi connectivity index (χ0v) is 60.1. The van der Waals surface area contributed by atoms with Crippen molar-refractivity contribution in [1.29, 1.82) is 0 Å². The van der Waals surface area contributed by atoms with Gasteiger partial charge in [-0.1, -0.05) is 306 Å². The largest absolute Gasteiger partial charge is 0.545 e. The number of carbonyl (C=O) groups excluding carboxylic acids is 3. The number of allylic oxidation sites excluding steroid dienone is 28. The highest BCUT2D eigenvalue weighted by molar-refractivity contribution is 5.70. The lowest BCUT2D eigenvalue weighted by Crippen LogP contribution is -2.44. The van der Waals surface area contributed by atoms with Gasteiger partial charge in [0.25, 0.3) is 0 Å². The van der Waals surface area contributed by atoms with Crippen LogP contribution >= 0.6 is 0 Å². The molecule has 0 radical (unpaired) electrons. The second-order valence-corrected chi connectivity index (χ2v) is 25.5. The van der Waals surface area contributed by atoms with Crippen LogP contribution in [0.4, 0.5) is 0 Å². The third-order valence-electron chi connectivity index (χ3n) is 15.4. The number of rotatable bonds is 67. The van der Waals surface area contributed by atoms with Gasteiger partial charge >= 0.3 is 11.9 Å². The summed E-state index contributed by atoms with van der Waals surface area (Å²) in [7, 11) is 5.91. The predicted octanol–water partition coefficient (Wildman–Crippen LogP) is 22.5. The summed E-state index contributed by atoms with van der Waals surface area (Å²) < 4.78 is 22.8. The Hall–Kier alpha value is -5.35. The standard InChI is InChI=1S/C84H137NO8/c1-6-8-10-12-14-16-18-20-22-24-26-28-30-32-34-36-38-39-40-41-42-43-45-47-49-51-53-55-57-59-61-63-65-67-69-71-73-75-82(87)93-80(79-92-84(83(88)89)90-77-76-85(3,4)5)78-91-81(86)74-72-70-68-66-64-62-60-58-56-54-52-50-48-46-44-37-35-33-31-29-27-25-23-21-19-17-15-13-11-9-7-2/h8,10,14,16,19-22,25-28,31-34,38-39,41-42,45,47,51,53,57,59,63,65,80,84H,6-7,9,11-13,15,17-18,23-24,29-30,35-37,40,43-44,46,48-50,52,54-56,58,60-62,64,66-79H2,1-5H3/b10-8-,16-14-,21-19-,22-20-,27-25-,28-26-,33-31-,34-32-,39-38-,42-41-,47-45-,53-51-,59-57-,65-63-. The van der Waals surface area contributed by atoms with Crippen molar-refractivity contribution in [3.63, 3.8) is 0 Å². The molecule has 0 rings (SSSR count). The van der Waals surface area contributed by atoms with Crippen LogP contribution in [0.2, 0.25) is 0 Å². The molecule has 0 aromatic rings. The average Bonchev–Trinajstić information content (AvgIpc) is 3.73. The summed E-state index contributed by atoms with van der Waals surface area (Å²) in [6.45, 7) is 4.58. The molecule has 0 saturated carbocycles. The smallest absolute Gasteiger partial charge is 0.306 e. The molecule has 0 spiro atoms. The third-order valence-corrected chi connectivity index (χ3v) is 15.4. The van der Waals surface area contributed by atoms with Crippen LogP contribution in [0.5, 0.6) is 0 Å². The number of carbonyl (C=O) groups is 3. The fourth-order valence-corrected chi connectivity index (χ4v) is 9.78. The van der Waals surface area contributed by atoms with Gasteiger partial charge < -0.3 is 33.3 Å². The van der Waals surface area contributed by atoms with Crippen LogP contribution in [0.3, 0.4) is 0 Å². The molecule has 0 heterocycles. The molecule has 0 amide bonds. The minimum atomic E-state index is -1.64. The second-order valence-electron chi connectivity index (χ2n) is 25.5. The van der Waals surface area contributed by atoms with Gasteiger partial charge in [-0.05, 0) is 135 Å². The molecule has 2 unspecified atom stereocenters. The van der Waals surface area contributed by atoms with Gasteiger partial charge in [-0.25, -0.2) is 0 Å². The Kier molecular flexibility index (Phi) is 68.3. The van der Waals surface area contributed by atoms with Gasteiger partial charge in [0.05, 0.1) is 40.3 Å². The maximum absolute atomic E-state index is 12.9. The molecule has 0 N–H and O–H groups in total. The molecule has 2 atom stereocenters. The number of carboxylic acid groups (broad SMARTS) is 1. The fraction of sp³-hybridized carbons (Fsp3) is 0.631. The molecule has 0 aliphatic heterocycles. The number of aliphatic carboxylic acids is 1. The van der Waals surface area contributed by atoms with Gasteiger partial charge in [-0.3, -0.25) is 9.59 Å². The topological polar surface area (TPSA) is 111 Å². The highest BCUT2D eigenvalue weighted by Crippen LogP contribution is 2.16. The van der Waals surface area contributed by atoms with Crippen molar-refractivity contribution in [1.82, 2.24) is 0 Å². The molecule has 526 valence electrons. The Bertz CT molecular complexity index is 2140. The summed E-state index contributed by atoms with van der Waals surface area (Å²) in [6.07, 6.45) is 106. The maximum Gasteiger partial charge on any atom is 0.306 e. The minimum Gasteiger partial charge on any atom is -0.545 e. The number of ether oxygens (including phenoxy) is 4. The van der Waals surface area contributed by atoms with Crippen molar-refractivity contribution in [2.45, 2.75) is 296 Å². The summed E-state index contributed by atoms with van der Waals surface area (Å²) in [5.74, 6) is -2.34. The average molecular weight is 1290 g/mol. The highest BCUT2D eigenvalue weighted by atomic mass is 16.7. The van der Waals surface area contributed by atoms with Crippen LogP contribution in [0.1, 0.15) is 284 Å². The van der Waals surface area contributed by atoms with Crippen molar-refractivity contribution < 1.29 is 42.9 Å². The normalized spacial score (nSPS) is 13.7. The van der Waals surface area contributed by atoms with Gasteiger partial charge in [0.2, 0.25) is 0 Å². The lowest BCUT2D eigenvalue weighted by Gasteiger charge is -2.26. The maximum atomic E-state index is 12.9. The third kappa shape index (κ3) is 73.9. The van der Waals surface area contributed by atoms with Crippen molar-refractivity contribution in [2.24, 2.45) is 0 Å². The fourth-order valence-electron chi connectivity index (χ4n) is 9.78. The Balaban J connectivity index is 4.22. The zero-order chi connectivity index (χ0) is 67.5. The molecule has 93 heavy (non-hydrogen) atoms. The van der Waals surface area contributed by atoms with E-state index in [1.807, 2.05) is 21.1 Å². The van der Waals surface area contributed by atoms with Gasteiger partial charge in [0, 0.05) is 12.8 Å². The molecule has 0 aliphatic carbocycles. The van der Waals surface area contributed by atoms with Crippen LogP contribution in [0, 0.1) is 0 Å². The van der Waals surface area contributed by atoms with Crippen molar-refractivity contribution in [3.05, 3.63) is 170 Å². The molecule has 0 saturated heterocycles. The molecule has 9 heteroatoms. The molecular formula is C84H137NO8. The first kappa shape index (κ1) is 87.7. The summed E-state index contributed by atoms with van der Waals surface area (Å²) >= 11 is 0. The van der Waals surface area contributed by atoms with Gasteiger partial charge in [-0.15, -0.1) is 0 Å². The predicted molar refractivity (Wildman–Crippen MR) is 398 cm³/mol. The first-order valence-corrected chi connectivity index (χ1v) is 37.3. The summed E-state index contributed by atoms with van der Waals surface area (Å²) in [6, 6.07) is 0. The van der Waals surface area contributed by atoms with E-state index in [0.29, 0.717) is 17.4 Å². The monoisotopic (exact) mass is 1290 g/mol. The summed E-state index contributed by atoms with van der Waals surface area (Å²) in [4.78, 5) is 37.5. The number of nitrogens with zero attached hydrogens (tertiary/aromatic N) is 1. The first-order chi connectivity index (χ1) is 45.6. The molecule has 0 aromatic carbocycles. The van der Waals surface area contributed by atoms with Crippen LogP contribution < -0.4 is 5.11 Å². The van der Waals surface area contributed by atoms with Crippen molar-refractivity contribution in [3.8, 4) is 0 Å². The minimum absolute atomic E-state index is 0.132. The number of quaternary nitrogens is 1. The number of esters is 2. The Morgan fingerprint density at radius 3 is 0.925 bits per heavy atom. The van der Waals surface area contributed by atoms with E-state index in [9.17, 15) is 19.5 Å². The van der Waals surface area contributed by atoms with Gasteiger partial charge in [0.15, 0.2) is 12.4 Å². The molecule has 9 nitrogen and oxygen atoms in total. The van der Waals surface area contributed by atoms with Crippen molar-refractivity contribution in [2.75, 3.05) is 47.5 Å². The highest BCUT2D eigenvalue weighted by Gasteiger charge is 2.22. The molecule has 0 fully saturated rings. The lowest BCUT2D eigenvalue weighted by atomic mass is 10.0. The first-order valence-electron chi connectivity index (χ1n) is 37.3. The van der Waals surface area contributed by atoms with E-state index in [-0.39, 0.29) is 38.6 Å². The summed E-state index contributed by atoms with van der Waals surface area (Å²) in [5, 5.41) is 11.8. The number of hydrogen-bond donors (Lipinski definition) is 0. The molecule has 0 aliphatic rings. The van der Waals surface area contributed by atoms with E-state index in [4.69, 9.17) is 18.9 Å². The van der Waals surface area contributed by atoms with Crippen LogP contribution in [0.25, 0.3) is 0 Å². The van der Waals surface area contributed by atoms with E-state index in [0.717, 1.165) is 122 Å². The Morgan fingerprint density at radius 2 is 0.613 bits per heavy atom. The second kappa shape index (κ2) is 72.5. The van der Waals surface area contributed by atoms with Crippen LogP contribution in [-0.2, 0) is 33.3 Å². The number of carboxylic acids is 1. The lowest BCUT2D eigenvalue weighted by molar-refractivity contribution is -0.870. The van der Waals surface area contributed by atoms with Gasteiger partial charge in [-0.2, -0.15) is 0 Å². The van der Waals surface area contributed by atoms with E-state index >= 15 is 0 Å². The van der Waals surface area contributed by atoms with Crippen LogP contribution in [0.15, 0.2) is 170 Å². The SMILES string of the molecule is CC/C=C\C/C=C\C/C=C\C/C=C\C/C=C\C/C=C\C/C=C\C/C=C\C/C=C\C/C=C\C/C=C\CCCCCC(=O)OC(COC(=O)CCCCCCCCCCCCCCCCCC/C=C\C/C=C\C/C=C\CCCCCCC)COC(OCC[N+](C)(C)C)C(=O)[O-]. The van der Waals surface area contributed by atoms with E-state index in [1.54, 1.807) is 0 Å². The molecular weight excluding hydrogens is 1150 g/mol. The van der Waals surface area contributed by atoms with Gasteiger partial charge in [0.1, 0.15) is 13.2 Å². The quantitative estimate of drug-likeness (QED) is 0.0195. The number of hydrogen-bond acceptors (Lipinski definition) is 8. The van der Waals surface area contributed by atoms with E-state index in [2.05, 4.69) is 184 Å². The summed E-state index contributed by atoms with van der Waals surface area (Å²) in [5.41, 5.74) is 0. The van der Waals surface area contributed by atoms with Crippen molar-refractivity contribution >= 4 is 17.9 Å². The van der Waals surface area contributed by atoms with E-state index in [1.165, 1.54) is 128 Å². The zero-order valence-electron chi connectivity index (χ0n) is 60.1.